The number of aromatic nitrogens is 3. The van der Waals surface area contributed by atoms with Gasteiger partial charge in [0.1, 0.15) is 11.5 Å². The SMILES string of the molecule is CCc1cc(C(=O)Nc2ccc(Br)cn2)n(C)n1. The van der Waals surface area contributed by atoms with Crippen molar-refractivity contribution in [3.05, 3.63) is 40.3 Å². The van der Waals surface area contributed by atoms with Crippen LogP contribution >= 0.6 is 15.9 Å². The summed E-state index contributed by atoms with van der Waals surface area (Å²) in [4.78, 5) is 16.1. The molecule has 0 saturated carbocycles. The molecule has 0 aliphatic rings. The summed E-state index contributed by atoms with van der Waals surface area (Å²) in [5.41, 5.74) is 1.42. The van der Waals surface area contributed by atoms with Crippen molar-refractivity contribution in [3.63, 3.8) is 0 Å². The number of halogens is 1. The lowest BCUT2D eigenvalue weighted by molar-refractivity contribution is 0.101. The van der Waals surface area contributed by atoms with Crippen molar-refractivity contribution < 1.29 is 4.79 Å². The summed E-state index contributed by atoms with van der Waals surface area (Å²) in [6, 6.07) is 5.34. The maximum atomic E-state index is 12.0. The summed E-state index contributed by atoms with van der Waals surface area (Å²) < 4.78 is 2.45. The molecule has 0 fully saturated rings. The Morgan fingerprint density at radius 1 is 1.50 bits per heavy atom. The molecule has 94 valence electrons. The number of carbonyl (C=O) groups excluding carboxylic acids is 1. The van der Waals surface area contributed by atoms with Crippen LogP contribution in [0.1, 0.15) is 23.1 Å². The summed E-state index contributed by atoms with van der Waals surface area (Å²) in [7, 11) is 1.75. The molecule has 1 amide bonds. The molecule has 0 aliphatic carbocycles. The van der Waals surface area contributed by atoms with Gasteiger partial charge in [0.2, 0.25) is 0 Å². The normalized spacial score (nSPS) is 10.4. The van der Waals surface area contributed by atoms with Crippen LogP contribution in [-0.4, -0.2) is 20.7 Å². The monoisotopic (exact) mass is 308 g/mol. The maximum absolute atomic E-state index is 12.0. The van der Waals surface area contributed by atoms with E-state index >= 15 is 0 Å². The third kappa shape index (κ3) is 2.76. The van der Waals surface area contributed by atoms with E-state index in [1.165, 1.54) is 0 Å². The van der Waals surface area contributed by atoms with Gasteiger partial charge in [0.25, 0.3) is 5.91 Å². The zero-order chi connectivity index (χ0) is 13.1. The predicted octanol–water partition coefficient (Wildman–Crippen LogP) is 2.39. The molecular weight excluding hydrogens is 296 g/mol. The van der Waals surface area contributed by atoms with Gasteiger partial charge in [-0.25, -0.2) is 4.98 Å². The van der Waals surface area contributed by atoms with Crippen molar-refractivity contribution in [1.29, 1.82) is 0 Å². The quantitative estimate of drug-likeness (QED) is 0.947. The van der Waals surface area contributed by atoms with Crippen molar-refractivity contribution in [2.45, 2.75) is 13.3 Å². The minimum absolute atomic E-state index is 0.209. The summed E-state index contributed by atoms with van der Waals surface area (Å²) in [5.74, 6) is 0.307. The first-order valence-corrected chi connectivity index (χ1v) is 6.35. The fraction of sp³-hybridized carbons (Fsp3) is 0.250. The molecule has 2 rings (SSSR count). The number of hydrogen-bond acceptors (Lipinski definition) is 3. The molecule has 0 aliphatic heterocycles. The molecule has 0 aromatic carbocycles. The van der Waals surface area contributed by atoms with Gasteiger partial charge in [-0.2, -0.15) is 5.10 Å². The maximum Gasteiger partial charge on any atom is 0.275 e. The molecule has 5 nitrogen and oxygen atoms in total. The van der Waals surface area contributed by atoms with Crippen LogP contribution in [-0.2, 0) is 13.5 Å². The Hall–Kier alpha value is -1.69. The lowest BCUT2D eigenvalue weighted by Gasteiger charge is -2.04. The van der Waals surface area contributed by atoms with Gasteiger partial charge in [-0.3, -0.25) is 9.48 Å². The average molecular weight is 309 g/mol. The molecule has 0 saturated heterocycles. The van der Waals surface area contributed by atoms with E-state index in [0.29, 0.717) is 11.5 Å². The Labute approximate surface area is 113 Å². The first-order valence-electron chi connectivity index (χ1n) is 5.56. The van der Waals surface area contributed by atoms with Crippen LogP contribution in [0.3, 0.4) is 0 Å². The van der Waals surface area contributed by atoms with Crippen LogP contribution < -0.4 is 5.32 Å². The van der Waals surface area contributed by atoms with E-state index in [1.807, 2.05) is 13.0 Å². The third-order valence-electron chi connectivity index (χ3n) is 2.49. The molecule has 2 aromatic rings. The highest BCUT2D eigenvalue weighted by Gasteiger charge is 2.13. The lowest BCUT2D eigenvalue weighted by atomic mass is 10.3. The van der Waals surface area contributed by atoms with E-state index in [9.17, 15) is 4.79 Å². The van der Waals surface area contributed by atoms with Crippen molar-refractivity contribution >= 4 is 27.7 Å². The second kappa shape index (κ2) is 5.30. The predicted molar refractivity (Wildman–Crippen MR) is 72.5 cm³/mol. The molecule has 0 bridgehead atoms. The molecule has 1 N–H and O–H groups in total. The molecule has 0 radical (unpaired) electrons. The molecule has 2 heterocycles. The number of amides is 1. The number of rotatable bonds is 3. The lowest BCUT2D eigenvalue weighted by Crippen LogP contribution is -2.16. The summed E-state index contributed by atoms with van der Waals surface area (Å²) >= 11 is 3.29. The van der Waals surface area contributed by atoms with E-state index < -0.39 is 0 Å². The van der Waals surface area contributed by atoms with E-state index in [2.05, 4.69) is 31.3 Å². The Morgan fingerprint density at radius 3 is 2.83 bits per heavy atom. The van der Waals surface area contributed by atoms with Gasteiger partial charge in [-0.1, -0.05) is 6.92 Å². The third-order valence-corrected chi connectivity index (χ3v) is 2.96. The minimum atomic E-state index is -0.209. The van der Waals surface area contributed by atoms with Crippen LogP contribution in [0.5, 0.6) is 0 Å². The van der Waals surface area contributed by atoms with E-state index in [4.69, 9.17) is 0 Å². The van der Waals surface area contributed by atoms with Crippen molar-refractivity contribution in [3.8, 4) is 0 Å². The molecule has 0 atom stereocenters. The average Bonchev–Trinajstić information content (AvgIpc) is 2.73. The summed E-state index contributed by atoms with van der Waals surface area (Å²) in [6.07, 6.45) is 2.44. The van der Waals surface area contributed by atoms with Crippen LogP contribution in [0.4, 0.5) is 5.82 Å². The molecular formula is C12H13BrN4O. The highest BCUT2D eigenvalue weighted by molar-refractivity contribution is 9.10. The first-order chi connectivity index (χ1) is 8.60. The van der Waals surface area contributed by atoms with Gasteiger partial charge in [0, 0.05) is 17.7 Å². The number of pyridine rings is 1. The zero-order valence-corrected chi connectivity index (χ0v) is 11.7. The van der Waals surface area contributed by atoms with E-state index in [0.717, 1.165) is 16.6 Å². The van der Waals surface area contributed by atoms with Gasteiger partial charge in [0.05, 0.1) is 5.69 Å². The van der Waals surface area contributed by atoms with Gasteiger partial charge >= 0.3 is 0 Å². The van der Waals surface area contributed by atoms with Crippen LogP contribution in [0.2, 0.25) is 0 Å². The number of anilines is 1. The van der Waals surface area contributed by atoms with E-state index in [-0.39, 0.29) is 5.91 Å². The van der Waals surface area contributed by atoms with Crippen LogP contribution in [0, 0.1) is 0 Å². The van der Waals surface area contributed by atoms with E-state index in [1.54, 1.807) is 30.1 Å². The molecule has 0 unspecified atom stereocenters. The van der Waals surface area contributed by atoms with Crippen molar-refractivity contribution in [1.82, 2.24) is 14.8 Å². The largest absolute Gasteiger partial charge is 0.305 e. The molecule has 2 aromatic heterocycles. The number of carbonyl (C=O) groups is 1. The number of hydrogen-bond donors (Lipinski definition) is 1. The smallest absolute Gasteiger partial charge is 0.275 e. The van der Waals surface area contributed by atoms with Gasteiger partial charge in [-0.05, 0) is 40.5 Å². The fourth-order valence-electron chi connectivity index (χ4n) is 1.54. The van der Waals surface area contributed by atoms with Crippen LogP contribution in [0.15, 0.2) is 28.9 Å². The van der Waals surface area contributed by atoms with Gasteiger partial charge in [0.15, 0.2) is 0 Å². The second-order valence-electron chi connectivity index (χ2n) is 3.81. The molecule has 0 spiro atoms. The van der Waals surface area contributed by atoms with Crippen molar-refractivity contribution in [2.24, 2.45) is 7.05 Å². The molecule has 18 heavy (non-hydrogen) atoms. The zero-order valence-electron chi connectivity index (χ0n) is 10.1. The number of nitrogens with one attached hydrogen (secondary N) is 1. The first kappa shape index (κ1) is 12.8. The molecule has 6 heteroatoms. The van der Waals surface area contributed by atoms with Crippen LogP contribution in [0.25, 0.3) is 0 Å². The van der Waals surface area contributed by atoms with Gasteiger partial charge in [-0.15, -0.1) is 0 Å². The minimum Gasteiger partial charge on any atom is -0.305 e. The Balaban J connectivity index is 2.16. The fourth-order valence-corrected chi connectivity index (χ4v) is 1.78. The van der Waals surface area contributed by atoms with Gasteiger partial charge < -0.3 is 5.32 Å². The number of nitrogens with zero attached hydrogens (tertiary/aromatic N) is 3. The highest BCUT2D eigenvalue weighted by Crippen LogP contribution is 2.12. The number of aryl methyl sites for hydroxylation is 2. The Bertz CT molecular complexity index is 562. The second-order valence-corrected chi connectivity index (χ2v) is 4.73. The Morgan fingerprint density at radius 2 is 2.28 bits per heavy atom. The Kier molecular flexibility index (Phi) is 3.76. The standard InChI is InChI=1S/C12H13BrN4O/c1-3-9-6-10(17(2)16-9)12(18)15-11-5-4-8(13)7-14-11/h4-7H,3H2,1-2H3,(H,14,15,18). The topological polar surface area (TPSA) is 59.8 Å². The van der Waals surface area contributed by atoms with Crippen molar-refractivity contribution in [2.75, 3.05) is 5.32 Å². The highest BCUT2D eigenvalue weighted by atomic mass is 79.9. The summed E-state index contributed by atoms with van der Waals surface area (Å²) in [6.45, 7) is 2.00. The summed E-state index contributed by atoms with van der Waals surface area (Å²) in [5, 5.41) is 6.97.